The summed E-state index contributed by atoms with van der Waals surface area (Å²) in [6.07, 6.45) is 2.82. The first-order valence-corrected chi connectivity index (χ1v) is 8.41. The number of carbonyl (C=O) groups excluding carboxylic acids is 2. The minimum Gasteiger partial charge on any atom is -0.486 e. The molecule has 0 bridgehead atoms. The van der Waals surface area contributed by atoms with Crippen LogP contribution in [0.2, 0.25) is 10.0 Å². The second-order valence-electron chi connectivity index (χ2n) is 5.31. The molecular formula is C18H14Cl2N2O4. The second kappa shape index (κ2) is 8.12. The van der Waals surface area contributed by atoms with E-state index >= 15 is 0 Å². The molecule has 0 saturated carbocycles. The quantitative estimate of drug-likeness (QED) is 0.620. The van der Waals surface area contributed by atoms with Crippen LogP contribution in [0.15, 0.2) is 42.5 Å². The van der Waals surface area contributed by atoms with Crippen LogP contribution in [0, 0.1) is 0 Å². The highest BCUT2D eigenvalue weighted by atomic mass is 35.5. The fourth-order valence-electron chi connectivity index (χ4n) is 2.23. The Labute approximate surface area is 159 Å². The van der Waals surface area contributed by atoms with Gasteiger partial charge in [-0.25, -0.2) is 0 Å². The monoisotopic (exact) mass is 392 g/mol. The summed E-state index contributed by atoms with van der Waals surface area (Å²) in [5.74, 6) is 0.0683. The van der Waals surface area contributed by atoms with E-state index in [4.69, 9.17) is 32.7 Å². The fourth-order valence-corrected chi connectivity index (χ4v) is 2.63. The van der Waals surface area contributed by atoms with Crippen LogP contribution in [0.1, 0.15) is 15.9 Å². The highest BCUT2D eigenvalue weighted by Gasteiger charge is 2.16. The van der Waals surface area contributed by atoms with Crippen LogP contribution in [0.4, 0.5) is 0 Å². The molecule has 6 nitrogen and oxygen atoms in total. The Balaban J connectivity index is 1.58. The molecule has 0 radical (unpaired) electrons. The summed E-state index contributed by atoms with van der Waals surface area (Å²) in [6, 6.07) is 9.66. The Morgan fingerprint density at radius 2 is 1.73 bits per heavy atom. The average molecular weight is 393 g/mol. The van der Waals surface area contributed by atoms with Crippen LogP contribution >= 0.6 is 23.2 Å². The lowest BCUT2D eigenvalue weighted by Gasteiger charge is -2.19. The Hall–Kier alpha value is -2.70. The molecule has 3 rings (SSSR count). The molecule has 1 aliphatic rings. The molecule has 0 fully saturated rings. The maximum Gasteiger partial charge on any atom is 0.269 e. The SMILES string of the molecule is O=C(/C=C/c1cc(Cl)c2c(c1)OCCO2)NNC(=O)c1ccc(Cl)cc1. The molecule has 26 heavy (non-hydrogen) atoms. The van der Waals surface area contributed by atoms with Crippen molar-refractivity contribution >= 4 is 41.1 Å². The van der Waals surface area contributed by atoms with E-state index in [1.807, 2.05) is 0 Å². The molecule has 0 saturated heterocycles. The van der Waals surface area contributed by atoms with Gasteiger partial charge in [0.15, 0.2) is 11.5 Å². The minimum atomic E-state index is -0.502. The number of amides is 2. The summed E-state index contributed by atoms with van der Waals surface area (Å²) in [5, 5.41) is 0.921. The Bertz CT molecular complexity index is 866. The van der Waals surface area contributed by atoms with E-state index in [1.54, 1.807) is 42.5 Å². The van der Waals surface area contributed by atoms with Gasteiger partial charge in [-0.2, -0.15) is 0 Å². The first-order chi connectivity index (χ1) is 12.5. The zero-order valence-corrected chi connectivity index (χ0v) is 14.9. The van der Waals surface area contributed by atoms with Crippen molar-refractivity contribution in [3.8, 4) is 11.5 Å². The van der Waals surface area contributed by atoms with E-state index in [1.165, 1.54) is 6.08 Å². The topological polar surface area (TPSA) is 76.7 Å². The molecule has 8 heteroatoms. The lowest BCUT2D eigenvalue weighted by molar-refractivity contribution is -0.117. The van der Waals surface area contributed by atoms with Gasteiger partial charge < -0.3 is 9.47 Å². The van der Waals surface area contributed by atoms with Crippen LogP contribution < -0.4 is 20.3 Å². The number of hydrazine groups is 1. The summed E-state index contributed by atoms with van der Waals surface area (Å²) >= 11 is 11.9. The van der Waals surface area contributed by atoms with Gasteiger partial charge >= 0.3 is 0 Å². The lowest BCUT2D eigenvalue weighted by atomic mass is 10.1. The van der Waals surface area contributed by atoms with E-state index in [2.05, 4.69) is 10.9 Å². The summed E-state index contributed by atoms with van der Waals surface area (Å²) in [4.78, 5) is 23.8. The van der Waals surface area contributed by atoms with Gasteiger partial charge in [-0.1, -0.05) is 23.2 Å². The Morgan fingerprint density at radius 1 is 1.00 bits per heavy atom. The van der Waals surface area contributed by atoms with Crippen LogP contribution in [0.25, 0.3) is 6.08 Å². The summed E-state index contributed by atoms with van der Waals surface area (Å²) < 4.78 is 10.9. The number of benzene rings is 2. The van der Waals surface area contributed by atoms with Crippen molar-refractivity contribution in [2.75, 3.05) is 13.2 Å². The molecule has 134 valence electrons. The number of rotatable bonds is 3. The zero-order chi connectivity index (χ0) is 18.5. The van der Waals surface area contributed by atoms with Gasteiger partial charge in [0.05, 0.1) is 5.02 Å². The highest BCUT2D eigenvalue weighted by molar-refractivity contribution is 6.32. The van der Waals surface area contributed by atoms with Crippen LogP contribution in [0.3, 0.4) is 0 Å². The molecule has 0 aromatic heterocycles. The zero-order valence-electron chi connectivity index (χ0n) is 13.4. The molecule has 2 aromatic carbocycles. The van der Waals surface area contributed by atoms with Crippen molar-refractivity contribution in [2.45, 2.75) is 0 Å². The van der Waals surface area contributed by atoms with Crippen molar-refractivity contribution in [1.29, 1.82) is 0 Å². The Morgan fingerprint density at radius 3 is 2.50 bits per heavy atom. The van der Waals surface area contributed by atoms with Crippen molar-refractivity contribution in [3.05, 3.63) is 63.6 Å². The number of carbonyl (C=O) groups is 2. The van der Waals surface area contributed by atoms with E-state index in [0.717, 1.165) is 0 Å². The van der Waals surface area contributed by atoms with E-state index < -0.39 is 11.8 Å². The standard InChI is InChI=1S/C18H14Cl2N2O4/c19-13-4-2-12(3-5-13)18(24)22-21-16(23)6-1-11-9-14(20)17-15(10-11)25-7-8-26-17/h1-6,9-10H,7-8H2,(H,21,23)(H,22,24)/b6-1+. The van der Waals surface area contributed by atoms with Gasteiger partial charge in [-0.3, -0.25) is 20.4 Å². The smallest absolute Gasteiger partial charge is 0.269 e. The fraction of sp³-hybridized carbons (Fsp3) is 0.111. The molecule has 2 amide bonds. The van der Waals surface area contributed by atoms with Gasteiger partial charge in [-0.15, -0.1) is 0 Å². The predicted octanol–water partition coefficient (Wildman–Crippen LogP) is 3.24. The maximum absolute atomic E-state index is 11.9. The van der Waals surface area contributed by atoms with Gasteiger partial charge in [0.1, 0.15) is 13.2 Å². The number of fused-ring (bicyclic) bond motifs is 1. The first kappa shape index (κ1) is 18.1. The third kappa shape index (κ3) is 4.47. The Kier molecular flexibility index (Phi) is 5.65. The number of nitrogens with one attached hydrogen (secondary N) is 2. The average Bonchev–Trinajstić information content (AvgIpc) is 2.65. The van der Waals surface area contributed by atoms with Gasteiger partial charge in [0.2, 0.25) is 0 Å². The number of halogens is 2. The first-order valence-electron chi connectivity index (χ1n) is 7.66. The third-order valence-electron chi connectivity index (χ3n) is 3.45. The maximum atomic E-state index is 11.9. The summed E-state index contributed by atoms with van der Waals surface area (Å²) in [5.41, 5.74) is 5.65. The van der Waals surface area contributed by atoms with Crippen LogP contribution in [-0.2, 0) is 4.79 Å². The van der Waals surface area contributed by atoms with Crippen molar-refractivity contribution in [3.63, 3.8) is 0 Å². The number of ether oxygens (including phenoxy) is 2. The number of hydrogen-bond acceptors (Lipinski definition) is 4. The van der Waals surface area contributed by atoms with E-state index in [-0.39, 0.29) is 0 Å². The molecule has 0 aliphatic carbocycles. The molecule has 2 aromatic rings. The van der Waals surface area contributed by atoms with Crippen molar-refractivity contribution in [2.24, 2.45) is 0 Å². The van der Waals surface area contributed by atoms with Gasteiger partial charge in [0, 0.05) is 16.7 Å². The van der Waals surface area contributed by atoms with Crippen molar-refractivity contribution < 1.29 is 19.1 Å². The van der Waals surface area contributed by atoms with Gasteiger partial charge in [-0.05, 0) is 48.0 Å². The minimum absolute atomic E-state index is 0.372. The highest BCUT2D eigenvalue weighted by Crippen LogP contribution is 2.38. The molecule has 1 aliphatic heterocycles. The molecule has 1 heterocycles. The molecular weight excluding hydrogens is 379 g/mol. The molecule has 2 N–H and O–H groups in total. The van der Waals surface area contributed by atoms with Gasteiger partial charge in [0.25, 0.3) is 11.8 Å². The van der Waals surface area contributed by atoms with Crippen LogP contribution in [-0.4, -0.2) is 25.0 Å². The molecule has 0 unspecified atom stereocenters. The third-order valence-corrected chi connectivity index (χ3v) is 3.98. The van der Waals surface area contributed by atoms with E-state index in [9.17, 15) is 9.59 Å². The second-order valence-corrected chi connectivity index (χ2v) is 6.15. The number of hydrogen-bond donors (Lipinski definition) is 2. The predicted molar refractivity (Wildman–Crippen MR) is 98.5 cm³/mol. The normalized spacial score (nSPS) is 12.7. The summed E-state index contributed by atoms with van der Waals surface area (Å²) in [7, 11) is 0. The molecule has 0 spiro atoms. The van der Waals surface area contributed by atoms with Crippen molar-refractivity contribution in [1.82, 2.24) is 10.9 Å². The summed E-state index contributed by atoms with van der Waals surface area (Å²) in [6.45, 7) is 0.880. The van der Waals surface area contributed by atoms with Crippen LogP contribution in [0.5, 0.6) is 11.5 Å². The molecule has 0 atom stereocenters. The largest absolute Gasteiger partial charge is 0.486 e. The lowest BCUT2D eigenvalue weighted by Crippen LogP contribution is -2.40. The van der Waals surface area contributed by atoms with E-state index in [0.29, 0.717) is 45.9 Å².